The lowest BCUT2D eigenvalue weighted by molar-refractivity contribution is 0.803. The Balaban J connectivity index is 1.09. The number of hydrogen-bond donors (Lipinski definition) is 0. The highest BCUT2D eigenvalue weighted by molar-refractivity contribution is 7.22. The Bertz CT molecular complexity index is 2780. The Hall–Kier alpha value is -6.42. The number of rotatable bonds is 4. The second kappa shape index (κ2) is 11.3. The maximum atomic E-state index is 5.09. The van der Waals surface area contributed by atoms with Gasteiger partial charge in [-0.25, -0.2) is 9.97 Å². The van der Waals surface area contributed by atoms with Crippen LogP contribution in [-0.2, 0) is 5.41 Å². The fourth-order valence-electron chi connectivity index (χ4n) is 8.77. The molecule has 0 aliphatic heterocycles. The number of hydrogen-bond acceptors (Lipinski definition) is 3. The second-order valence-electron chi connectivity index (χ2n) is 13.6. The van der Waals surface area contributed by atoms with Gasteiger partial charge in [-0.2, -0.15) is 0 Å². The summed E-state index contributed by atoms with van der Waals surface area (Å²) in [6.07, 6.45) is 0. The molecule has 0 N–H and O–H groups in total. The number of fused-ring (bicyclic) bond motifs is 12. The molecule has 1 unspecified atom stereocenters. The van der Waals surface area contributed by atoms with Crippen molar-refractivity contribution in [3.05, 3.63) is 204 Å². The Labute approximate surface area is 306 Å². The summed E-state index contributed by atoms with van der Waals surface area (Å²) in [7, 11) is 0. The minimum absolute atomic E-state index is 0.379. The molecule has 2 aliphatic carbocycles. The normalized spacial score (nSPS) is 15.0. The number of thiophene rings is 1. The van der Waals surface area contributed by atoms with Crippen LogP contribution in [0.4, 0.5) is 0 Å². The zero-order chi connectivity index (χ0) is 34.2. The zero-order valence-electron chi connectivity index (χ0n) is 28.1. The lowest BCUT2D eigenvalue weighted by Gasteiger charge is -2.30. The van der Waals surface area contributed by atoms with Gasteiger partial charge in [0.2, 0.25) is 0 Å². The van der Waals surface area contributed by atoms with Crippen LogP contribution in [0.5, 0.6) is 0 Å². The molecule has 2 aliphatic rings. The monoisotopic (exact) mass is 678 g/mol. The Kier molecular flexibility index (Phi) is 6.37. The molecule has 242 valence electrons. The van der Waals surface area contributed by atoms with Gasteiger partial charge in [-0.1, -0.05) is 170 Å². The molecule has 0 bridgehead atoms. The summed E-state index contributed by atoms with van der Waals surface area (Å²) in [6.45, 7) is 0. The largest absolute Gasteiger partial charge is 0.228 e. The Morgan fingerprint density at radius 2 is 0.942 bits per heavy atom. The van der Waals surface area contributed by atoms with Gasteiger partial charge in [0.1, 0.15) is 0 Å². The number of nitrogens with zero attached hydrogens (tertiary/aromatic N) is 2. The molecular formula is C49H30N2S. The van der Waals surface area contributed by atoms with E-state index in [2.05, 4.69) is 158 Å². The van der Waals surface area contributed by atoms with E-state index in [4.69, 9.17) is 9.97 Å². The van der Waals surface area contributed by atoms with Gasteiger partial charge in [0.05, 0.1) is 16.8 Å². The number of aromatic nitrogens is 2. The number of benzene rings is 7. The van der Waals surface area contributed by atoms with Gasteiger partial charge in [-0.15, -0.1) is 11.3 Å². The van der Waals surface area contributed by atoms with Crippen molar-refractivity contribution in [1.82, 2.24) is 9.97 Å². The molecule has 52 heavy (non-hydrogen) atoms. The first-order valence-electron chi connectivity index (χ1n) is 17.7. The third-order valence-electron chi connectivity index (χ3n) is 10.9. The SMILES string of the molecule is c1ccc(-c2cc(-c3ccc(-c4cccc5c4-c4ccccc4C54c5ccccc5-c5sc6ccccc6c54)cc3)nc(-c3ccccc3)n2)cc1. The maximum Gasteiger partial charge on any atom is 0.160 e. The summed E-state index contributed by atoms with van der Waals surface area (Å²) < 4.78 is 1.34. The van der Waals surface area contributed by atoms with E-state index < -0.39 is 0 Å². The molecule has 1 spiro atoms. The van der Waals surface area contributed by atoms with E-state index in [1.54, 1.807) is 0 Å². The molecule has 7 aromatic carbocycles. The predicted molar refractivity (Wildman–Crippen MR) is 215 cm³/mol. The van der Waals surface area contributed by atoms with Gasteiger partial charge >= 0.3 is 0 Å². The first-order chi connectivity index (χ1) is 25.8. The summed E-state index contributed by atoms with van der Waals surface area (Å²) in [6, 6.07) is 65.7. The maximum absolute atomic E-state index is 5.09. The van der Waals surface area contributed by atoms with Crippen LogP contribution in [0.25, 0.3) is 76.7 Å². The van der Waals surface area contributed by atoms with Crippen LogP contribution in [0.15, 0.2) is 182 Å². The van der Waals surface area contributed by atoms with Crippen molar-refractivity contribution in [2.75, 3.05) is 0 Å². The molecule has 1 atom stereocenters. The average molecular weight is 679 g/mol. The highest BCUT2D eigenvalue weighted by Gasteiger charge is 2.53. The van der Waals surface area contributed by atoms with Crippen LogP contribution in [0.1, 0.15) is 22.3 Å². The standard InChI is InChI=1S/C49H30N2S/c1-3-14-32(15-4-1)42-30-43(51-48(50-42)34-16-5-2-6-17-34)33-28-26-31(27-29-33)35-21-13-24-41-45(35)36-18-7-10-22-39(36)49(41)40-23-11-8-19-37(40)47-46(49)38-20-9-12-25-44(38)52-47/h1-30H. The molecular weight excluding hydrogens is 649 g/mol. The molecule has 11 rings (SSSR count). The lowest BCUT2D eigenvalue weighted by Crippen LogP contribution is -2.25. The summed E-state index contributed by atoms with van der Waals surface area (Å²) >= 11 is 1.93. The van der Waals surface area contributed by atoms with Gasteiger partial charge < -0.3 is 0 Å². The summed E-state index contributed by atoms with van der Waals surface area (Å²) in [4.78, 5) is 11.5. The van der Waals surface area contributed by atoms with Crippen molar-refractivity contribution >= 4 is 21.4 Å². The Morgan fingerprint density at radius 3 is 1.69 bits per heavy atom. The summed E-state index contributed by atoms with van der Waals surface area (Å²) in [5.74, 6) is 0.723. The Morgan fingerprint density at radius 1 is 0.404 bits per heavy atom. The molecule has 9 aromatic rings. The van der Waals surface area contributed by atoms with E-state index in [0.717, 1.165) is 33.9 Å². The van der Waals surface area contributed by atoms with Gasteiger partial charge in [-0.3, -0.25) is 0 Å². The molecule has 2 heterocycles. The van der Waals surface area contributed by atoms with Crippen molar-refractivity contribution in [3.63, 3.8) is 0 Å². The van der Waals surface area contributed by atoms with Crippen molar-refractivity contribution in [1.29, 1.82) is 0 Å². The minimum atomic E-state index is -0.379. The third kappa shape index (κ3) is 4.11. The first-order valence-corrected chi connectivity index (χ1v) is 18.6. The van der Waals surface area contributed by atoms with Crippen molar-refractivity contribution in [3.8, 4) is 66.6 Å². The molecule has 2 nitrogen and oxygen atoms in total. The summed E-state index contributed by atoms with van der Waals surface area (Å²) in [5.41, 5.74) is 16.5. The van der Waals surface area contributed by atoms with Crippen LogP contribution in [0, 0.1) is 0 Å². The van der Waals surface area contributed by atoms with Crippen molar-refractivity contribution < 1.29 is 0 Å². The fraction of sp³-hybridized carbons (Fsp3) is 0.0204. The van der Waals surface area contributed by atoms with Gasteiger partial charge in [0.25, 0.3) is 0 Å². The third-order valence-corrected chi connectivity index (χ3v) is 12.1. The lowest BCUT2D eigenvalue weighted by atomic mass is 9.70. The van der Waals surface area contributed by atoms with E-state index in [0.29, 0.717) is 0 Å². The minimum Gasteiger partial charge on any atom is -0.228 e. The highest BCUT2D eigenvalue weighted by atomic mass is 32.1. The second-order valence-corrected chi connectivity index (χ2v) is 14.7. The van der Waals surface area contributed by atoms with E-state index in [-0.39, 0.29) is 5.41 Å². The van der Waals surface area contributed by atoms with Gasteiger partial charge in [0.15, 0.2) is 5.82 Å². The van der Waals surface area contributed by atoms with Gasteiger partial charge in [-0.05, 0) is 67.6 Å². The molecule has 0 fully saturated rings. The van der Waals surface area contributed by atoms with Crippen LogP contribution in [-0.4, -0.2) is 9.97 Å². The molecule has 0 saturated heterocycles. The van der Waals surface area contributed by atoms with Crippen LogP contribution < -0.4 is 0 Å². The van der Waals surface area contributed by atoms with E-state index >= 15 is 0 Å². The molecule has 0 radical (unpaired) electrons. The molecule has 0 amide bonds. The quantitative estimate of drug-likeness (QED) is 0.185. The van der Waals surface area contributed by atoms with Crippen LogP contribution >= 0.6 is 11.3 Å². The molecule has 3 heteroatoms. The predicted octanol–water partition coefficient (Wildman–Crippen LogP) is 12.7. The van der Waals surface area contributed by atoms with E-state index in [1.165, 1.54) is 65.0 Å². The van der Waals surface area contributed by atoms with E-state index in [1.807, 2.05) is 35.6 Å². The topological polar surface area (TPSA) is 25.8 Å². The van der Waals surface area contributed by atoms with Crippen LogP contribution in [0.3, 0.4) is 0 Å². The molecule has 0 saturated carbocycles. The zero-order valence-corrected chi connectivity index (χ0v) is 28.9. The van der Waals surface area contributed by atoms with Gasteiger partial charge in [0, 0.05) is 26.3 Å². The smallest absolute Gasteiger partial charge is 0.160 e. The average Bonchev–Trinajstić information content (AvgIpc) is 3.85. The molecule has 2 aromatic heterocycles. The first kappa shape index (κ1) is 29.3. The van der Waals surface area contributed by atoms with Crippen molar-refractivity contribution in [2.45, 2.75) is 5.41 Å². The van der Waals surface area contributed by atoms with E-state index in [9.17, 15) is 0 Å². The summed E-state index contributed by atoms with van der Waals surface area (Å²) in [5, 5.41) is 1.35. The van der Waals surface area contributed by atoms with Crippen molar-refractivity contribution in [2.24, 2.45) is 0 Å². The highest BCUT2D eigenvalue weighted by Crippen LogP contribution is 2.66. The fourth-order valence-corrected chi connectivity index (χ4v) is 10.1. The van der Waals surface area contributed by atoms with Crippen LogP contribution in [0.2, 0.25) is 0 Å².